The maximum atomic E-state index is 11.0. The molecule has 0 unspecified atom stereocenters. The van der Waals surface area contributed by atoms with E-state index in [-0.39, 0.29) is 0 Å². The van der Waals surface area contributed by atoms with Gasteiger partial charge in [-0.3, -0.25) is 0 Å². The summed E-state index contributed by atoms with van der Waals surface area (Å²) in [5, 5.41) is 12.3. The third-order valence-electron chi connectivity index (χ3n) is 6.46. The van der Waals surface area contributed by atoms with Gasteiger partial charge in [-0.05, 0) is 68.2 Å². The van der Waals surface area contributed by atoms with E-state index >= 15 is 0 Å². The van der Waals surface area contributed by atoms with Crippen LogP contribution in [0.5, 0.6) is 0 Å². The van der Waals surface area contributed by atoms with Crippen LogP contribution in [0, 0.1) is 18.8 Å². The summed E-state index contributed by atoms with van der Waals surface area (Å²) in [6.07, 6.45) is 6.33. The fourth-order valence-corrected chi connectivity index (χ4v) is 5.34. The molecule has 1 N–H and O–H groups in total. The third kappa shape index (κ3) is 2.93. The molecule has 0 bridgehead atoms. The number of aromatic nitrogens is 1. The van der Waals surface area contributed by atoms with Crippen LogP contribution in [-0.2, 0) is 0 Å². The molecule has 2 fully saturated rings. The number of fused-ring (bicyclic) bond motifs is 2. The minimum atomic E-state index is -0.475. The molecule has 1 saturated heterocycles. The van der Waals surface area contributed by atoms with Crippen molar-refractivity contribution in [3.8, 4) is 0 Å². The summed E-state index contributed by atoms with van der Waals surface area (Å²) in [5.74, 6) is 2.08. The molecule has 1 aliphatic heterocycles. The number of benzene rings is 1. The van der Waals surface area contributed by atoms with Crippen molar-refractivity contribution in [1.29, 1.82) is 0 Å². The molecule has 2 heterocycles. The first kappa shape index (κ1) is 17.2. The van der Waals surface area contributed by atoms with Gasteiger partial charge in [0.1, 0.15) is 5.82 Å². The largest absolute Gasteiger partial charge is 0.390 e. The lowest BCUT2D eigenvalue weighted by Gasteiger charge is -2.40. The van der Waals surface area contributed by atoms with E-state index in [4.69, 9.17) is 4.98 Å². The van der Waals surface area contributed by atoms with Crippen LogP contribution >= 0.6 is 11.8 Å². The quantitative estimate of drug-likeness (QED) is 0.813. The standard InChI is InChI=1S/C21H28N2OS/c1-4-21(24)9-5-6-15-12-23(13-18(15)21)20-10-14(2)17-11-16(25-3)7-8-19(17)22-20/h7-8,10-11,15,18,24H,4-6,9,12-13H2,1-3H3/t15-,18+,21-/m1/s1. The molecule has 25 heavy (non-hydrogen) atoms. The molecule has 1 aromatic heterocycles. The van der Waals surface area contributed by atoms with Crippen LogP contribution in [0.3, 0.4) is 0 Å². The van der Waals surface area contributed by atoms with E-state index in [0.29, 0.717) is 11.8 Å². The first-order valence-electron chi connectivity index (χ1n) is 9.47. The fraction of sp³-hybridized carbons (Fsp3) is 0.571. The van der Waals surface area contributed by atoms with Crippen molar-refractivity contribution in [3.05, 3.63) is 29.8 Å². The second kappa shape index (κ2) is 6.48. The Morgan fingerprint density at radius 2 is 2.16 bits per heavy atom. The first-order valence-corrected chi connectivity index (χ1v) is 10.7. The molecule has 1 aromatic carbocycles. The van der Waals surface area contributed by atoms with Crippen LogP contribution in [0.15, 0.2) is 29.2 Å². The van der Waals surface area contributed by atoms with Crippen LogP contribution < -0.4 is 4.90 Å². The summed E-state index contributed by atoms with van der Waals surface area (Å²) in [6, 6.07) is 8.77. The average Bonchev–Trinajstić information content (AvgIpc) is 3.07. The average molecular weight is 357 g/mol. The summed E-state index contributed by atoms with van der Waals surface area (Å²) < 4.78 is 0. The van der Waals surface area contributed by atoms with E-state index in [1.54, 1.807) is 11.8 Å². The fourth-order valence-electron chi connectivity index (χ4n) is 4.90. The van der Waals surface area contributed by atoms with Crippen molar-refractivity contribution in [2.75, 3.05) is 24.2 Å². The third-order valence-corrected chi connectivity index (χ3v) is 7.19. The normalized spacial score (nSPS) is 29.2. The molecular weight excluding hydrogens is 328 g/mol. The number of aliphatic hydroxyl groups is 1. The SMILES string of the molecule is CC[C@@]1(O)CCC[C@@H]2CN(c3cc(C)c4cc(SC)ccc4n3)C[C@@H]21. The molecule has 0 spiro atoms. The van der Waals surface area contributed by atoms with Crippen LogP contribution in [0.4, 0.5) is 5.82 Å². The Bertz CT molecular complexity index is 793. The number of pyridine rings is 1. The van der Waals surface area contributed by atoms with Crippen molar-refractivity contribution >= 4 is 28.5 Å². The highest BCUT2D eigenvalue weighted by Crippen LogP contribution is 2.45. The number of anilines is 1. The minimum Gasteiger partial charge on any atom is -0.390 e. The van der Waals surface area contributed by atoms with Crippen LogP contribution in [0.25, 0.3) is 10.9 Å². The van der Waals surface area contributed by atoms with Gasteiger partial charge in [0.25, 0.3) is 0 Å². The lowest BCUT2D eigenvalue weighted by Crippen LogP contribution is -2.44. The molecule has 2 aliphatic rings. The van der Waals surface area contributed by atoms with Gasteiger partial charge in [0.2, 0.25) is 0 Å². The Kier molecular flexibility index (Phi) is 4.45. The maximum Gasteiger partial charge on any atom is 0.129 e. The van der Waals surface area contributed by atoms with Gasteiger partial charge in [-0.25, -0.2) is 4.98 Å². The van der Waals surface area contributed by atoms with Gasteiger partial charge in [0, 0.05) is 29.3 Å². The highest BCUT2D eigenvalue weighted by Gasteiger charge is 2.48. The van der Waals surface area contributed by atoms with Crippen LogP contribution in [0.2, 0.25) is 0 Å². The first-order chi connectivity index (χ1) is 12.0. The molecule has 0 amide bonds. The Morgan fingerprint density at radius 3 is 2.92 bits per heavy atom. The molecule has 1 saturated carbocycles. The van der Waals surface area contributed by atoms with E-state index in [1.165, 1.54) is 22.3 Å². The van der Waals surface area contributed by atoms with Gasteiger partial charge in [-0.15, -0.1) is 11.8 Å². The predicted octanol–water partition coefficient (Wildman–Crippen LogP) is 4.64. The topological polar surface area (TPSA) is 36.4 Å². The van der Waals surface area contributed by atoms with Crippen LogP contribution in [0.1, 0.15) is 38.2 Å². The summed E-state index contributed by atoms with van der Waals surface area (Å²) in [5.41, 5.74) is 1.89. The Balaban J connectivity index is 1.66. The number of nitrogens with zero attached hydrogens (tertiary/aromatic N) is 2. The van der Waals surface area contributed by atoms with Crippen molar-refractivity contribution in [2.24, 2.45) is 11.8 Å². The van der Waals surface area contributed by atoms with Crippen molar-refractivity contribution < 1.29 is 5.11 Å². The summed E-state index contributed by atoms with van der Waals surface area (Å²) in [4.78, 5) is 8.66. The smallest absolute Gasteiger partial charge is 0.129 e. The molecule has 3 atom stereocenters. The van der Waals surface area contributed by atoms with E-state index in [1.807, 2.05) is 0 Å². The van der Waals surface area contributed by atoms with Crippen molar-refractivity contribution in [3.63, 3.8) is 0 Å². The molecular formula is C21H28N2OS. The predicted molar refractivity (Wildman–Crippen MR) is 107 cm³/mol. The van der Waals surface area contributed by atoms with E-state index in [9.17, 15) is 5.11 Å². The van der Waals surface area contributed by atoms with Gasteiger partial charge < -0.3 is 10.0 Å². The monoisotopic (exact) mass is 356 g/mol. The molecule has 2 aromatic rings. The molecule has 4 rings (SSSR count). The highest BCUT2D eigenvalue weighted by atomic mass is 32.2. The number of rotatable bonds is 3. The summed E-state index contributed by atoms with van der Waals surface area (Å²) >= 11 is 1.77. The Hall–Kier alpha value is -1.26. The number of aryl methyl sites for hydroxylation is 1. The number of hydrogen-bond acceptors (Lipinski definition) is 4. The van der Waals surface area contributed by atoms with Crippen molar-refractivity contribution in [2.45, 2.75) is 50.0 Å². The summed E-state index contributed by atoms with van der Waals surface area (Å²) in [6.45, 7) is 6.29. The van der Waals surface area contributed by atoms with Crippen molar-refractivity contribution in [1.82, 2.24) is 4.98 Å². The molecule has 4 heteroatoms. The minimum absolute atomic E-state index is 0.392. The van der Waals surface area contributed by atoms with E-state index in [2.05, 4.69) is 49.3 Å². The Labute approximate surface area is 154 Å². The van der Waals surface area contributed by atoms with Gasteiger partial charge >= 0.3 is 0 Å². The van der Waals surface area contributed by atoms with Gasteiger partial charge in [0.15, 0.2) is 0 Å². The highest BCUT2D eigenvalue weighted by molar-refractivity contribution is 7.98. The van der Waals surface area contributed by atoms with Gasteiger partial charge in [-0.1, -0.05) is 13.3 Å². The Morgan fingerprint density at radius 1 is 1.32 bits per heavy atom. The second-order valence-electron chi connectivity index (χ2n) is 7.80. The lowest BCUT2D eigenvalue weighted by atomic mass is 9.69. The molecule has 3 nitrogen and oxygen atoms in total. The summed E-state index contributed by atoms with van der Waals surface area (Å²) in [7, 11) is 0. The molecule has 0 radical (unpaired) electrons. The maximum absolute atomic E-state index is 11.0. The molecule has 134 valence electrons. The lowest BCUT2D eigenvalue weighted by molar-refractivity contribution is -0.0597. The van der Waals surface area contributed by atoms with E-state index < -0.39 is 5.60 Å². The zero-order chi connectivity index (χ0) is 17.6. The number of hydrogen-bond donors (Lipinski definition) is 1. The van der Waals surface area contributed by atoms with Gasteiger partial charge in [0.05, 0.1) is 11.1 Å². The zero-order valence-corrected chi connectivity index (χ0v) is 16.3. The van der Waals surface area contributed by atoms with Gasteiger partial charge in [-0.2, -0.15) is 0 Å². The van der Waals surface area contributed by atoms with E-state index in [0.717, 1.165) is 43.7 Å². The van der Waals surface area contributed by atoms with Crippen LogP contribution in [-0.4, -0.2) is 35.0 Å². The molecule has 1 aliphatic carbocycles. The second-order valence-corrected chi connectivity index (χ2v) is 8.68. The zero-order valence-electron chi connectivity index (χ0n) is 15.5. The number of thioether (sulfide) groups is 1.